The molecule has 1 N–H and O–H groups in total. The molecule has 1 aliphatic rings. The monoisotopic (exact) mass is 373 g/mol. The van der Waals surface area contributed by atoms with Crippen LogP contribution in [0.1, 0.15) is 23.1 Å². The third kappa shape index (κ3) is 3.67. The number of morpholine rings is 1. The fourth-order valence-corrected chi connectivity index (χ4v) is 3.28. The lowest BCUT2D eigenvalue weighted by Crippen LogP contribution is -2.43. The van der Waals surface area contributed by atoms with Gasteiger partial charge in [-0.15, -0.1) is 0 Å². The summed E-state index contributed by atoms with van der Waals surface area (Å²) in [5, 5.41) is 12.5. The van der Waals surface area contributed by atoms with Gasteiger partial charge in [0, 0.05) is 33.7 Å². The summed E-state index contributed by atoms with van der Waals surface area (Å²) in [5.41, 5.74) is -1.19. The van der Waals surface area contributed by atoms with Crippen molar-refractivity contribution < 1.29 is 9.15 Å². The number of furan rings is 1. The van der Waals surface area contributed by atoms with E-state index in [1.54, 1.807) is 0 Å². The Morgan fingerprint density at radius 3 is 2.52 bits per heavy atom. The van der Waals surface area contributed by atoms with Crippen molar-refractivity contribution >= 4 is 5.82 Å². The lowest BCUT2D eigenvalue weighted by molar-refractivity contribution is 0.0143. The molecule has 144 valence electrons. The number of anilines is 1. The zero-order valence-corrected chi connectivity index (χ0v) is 15.7. The largest absolute Gasteiger partial charge is 0.465 e. The highest BCUT2D eigenvalue weighted by molar-refractivity contribution is 5.51. The van der Waals surface area contributed by atoms with E-state index in [1.165, 1.54) is 18.7 Å². The van der Waals surface area contributed by atoms with Crippen LogP contribution in [0.3, 0.4) is 0 Å². The van der Waals surface area contributed by atoms with Crippen LogP contribution in [0.5, 0.6) is 0 Å². The number of aryl methyl sites for hydroxylation is 1. The zero-order valence-electron chi connectivity index (χ0n) is 15.7. The number of aromatic nitrogens is 2. The van der Waals surface area contributed by atoms with Crippen molar-refractivity contribution in [3.05, 3.63) is 50.1 Å². The maximum atomic E-state index is 12.3. The van der Waals surface area contributed by atoms with Gasteiger partial charge in [-0.2, -0.15) is 5.26 Å². The van der Waals surface area contributed by atoms with E-state index in [4.69, 9.17) is 9.15 Å². The molecule has 3 heterocycles. The minimum Gasteiger partial charge on any atom is -0.465 e. The Morgan fingerprint density at radius 2 is 1.93 bits per heavy atom. The Balaban J connectivity index is 1.93. The number of nitrogens with one attached hydrogen (secondary N) is 1. The molecule has 0 bridgehead atoms. The molecule has 1 fully saturated rings. The quantitative estimate of drug-likeness (QED) is 0.806. The predicted molar refractivity (Wildman–Crippen MR) is 98.7 cm³/mol. The summed E-state index contributed by atoms with van der Waals surface area (Å²) in [6.45, 7) is 5.00. The first-order valence-corrected chi connectivity index (χ1v) is 8.76. The van der Waals surface area contributed by atoms with Gasteiger partial charge >= 0.3 is 5.69 Å². The Bertz CT molecular complexity index is 975. The van der Waals surface area contributed by atoms with Crippen LogP contribution in [-0.4, -0.2) is 46.9 Å². The van der Waals surface area contributed by atoms with Crippen molar-refractivity contribution in [3.63, 3.8) is 0 Å². The maximum Gasteiger partial charge on any atom is 0.332 e. The van der Waals surface area contributed by atoms with E-state index in [0.717, 1.165) is 29.2 Å². The third-order valence-electron chi connectivity index (χ3n) is 4.82. The Hall–Kier alpha value is -2.83. The standard InChI is InChI=1S/C18H23N5O4/c1-12-4-5-15(27-12)14(23-6-8-26-9-7-23)11-20-16-13(10-19)17(24)22(3)18(25)21(16)2/h4-5,14,20H,6-9,11H2,1-3H3/t14-/m1/s1. The van der Waals surface area contributed by atoms with Gasteiger partial charge in [0.2, 0.25) is 0 Å². The molecule has 1 atom stereocenters. The molecule has 9 heteroatoms. The van der Waals surface area contributed by atoms with Gasteiger partial charge in [-0.3, -0.25) is 18.8 Å². The highest BCUT2D eigenvalue weighted by atomic mass is 16.5. The second kappa shape index (κ2) is 7.82. The van der Waals surface area contributed by atoms with Gasteiger partial charge in [0.1, 0.15) is 23.4 Å². The van der Waals surface area contributed by atoms with Crippen LogP contribution in [0, 0.1) is 18.3 Å². The van der Waals surface area contributed by atoms with Crippen LogP contribution in [-0.2, 0) is 18.8 Å². The minimum absolute atomic E-state index is 0.0871. The van der Waals surface area contributed by atoms with Gasteiger partial charge in [0.05, 0.1) is 19.3 Å². The topological polar surface area (TPSA) is 105 Å². The number of nitriles is 1. The van der Waals surface area contributed by atoms with Gasteiger partial charge < -0.3 is 14.5 Å². The predicted octanol–water partition coefficient (Wildman–Crippen LogP) is 0.343. The molecule has 2 aromatic rings. The molecule has 1 saturated heterocycles. The number of hydrogen-bond acceptors (Lipinski definition) is 7. The molecule has 9 nitrogen and oxygen atoms in total. The second-order valence-electron chi connectivity index (χ2n) is 6.53. The molecule has 0 aliphatic carbocycles. The Morgan fingerprint density at radius 1 is 1.22 bits per heavy atom. The Kier molecular flexibility index (Phi) is 5.48. The van der Waals surface area contributed by atoms with E-state index >= 15 is 0 Å². The van der Waals surface area contributed by atoms with Gasteiger partial charge in [0.15, 0.2) is 5.56 Å². The molecule has 27 heavy (non-hydrogen) atoms. The zero-order chi connectivity index (χ0) is 19.6. The van der Waals surface area contributed by atoms with E-state index in [9.17, 15) is 14.9 Å². The maximum absolute atomic E-state index is 12.3. The van der Waals surface area contributed by atoms with Crippen LogP contribution in [0.25, 0.3) is 0 Å². The number of ether oxygens (including phenoxy) is 1. The summed E-state index contributed by atoms with van der Waals surface area (Å²) in [6.07, 6.45) is 0. The van der Waals surface area contributed by atoms with Crippen molar-refractivity contribution in [1.29, 1.82) is 5.26 Å². The van der Waals surface area contributed by atoms with Crippen molar-refractivity contribution in [2.24, 2.45) is 14.1 Å². The van der Waals surface area contributed by atoms with Crippen LogP contribution in [0.4, 0.5) is 5.82 Å². The van der Waals surface area contributed by atoms with Gasteiger partial charge in [-0.1, -0.05) is 0 Å². The van der Waals surface area contributed by atoms with Crippen LogP contribution >= 0.6 is 0 Å². The highest BCUT2D eigenvalue weighted by Gasteiger charge is 2.26. The molecule has 3 rings (SSSR count). The van der Waals surface area contributed by atoms with E-state index < -0.39 is 11.2 Å². The summed E-state index contributed by atoms with van der Waals surface area (Å²) < 4.78 is 13.5. The van der Waals surface area contributed by atoms with Gasteiger partial charge in [0.25, 0.3) is 5.56 Å². The molecule has 2 aromatic heterocycles. The van der Waals surface area contributed by atoms with Crippen LogP contribution in [0.15, 0.2) is 26.1 Å². The molecular formula is C18H23N5O4. The minimum atomic E-state index is -0.611. The average molecular weight is 373 g/mol. The van der Waals surface area contributed by atoms with Crippen LogP contribution < -0.4 is 16.6 Å². The van der Waals surface area contributed by atoms with Crippen molar-refractivity contribution in [2.75, 3.05) is 38.2 Å². The number of hydrogen-bond donors (Lipinski definition) is 1. The van der Waals surface area contributed by atoms with E-state index in [2.05, 4.69) is 10.2 Å². The molecule has 1 aliphatic heterocycles. The van der Waals surface area contributed by atoms with Gasteiger partial charge in [-0.05, 0) is 19.1 Å². The summed E-state index contributed by atoms with van der Waals surface area (Å²) in [7, 11) is 2.89. The summed E-state index contributed by atoms with van der Waals surface area (Å²) >= 11 is 0. The third-order valence-corrected chi connectivity index (χ3v) is 4.82. The first kappa shape index (κ1) is 18.9. The molecule has 0 unspecified atom stereocenters. The number of nitrogens with zero attached hydrogens (tertiary/aromatic N) is 4. The first-order valence-electron chi connectivity index (χ1n) is 8.76. The van der Waals surface area contributed by atoms with Crippen LogP contribution in [0.2, 0.25) is 0 Å². The fourth-order valence-electron chi connectivity index (χ4n) is 3.28. The highest BCUT2D eigenvalue weighted by Crippen LogP contribution is 2.24. The molecule has 0 amide bonds. The van der Waals surface area contributed by atoms with Crippen molar-refractivity contribution in [1.82, 2.24) is 14.0 Å². The van der Waals surface area contributed by atoms with E-state index in [-0.39, 0.29) is 17.4 Å². The second-order valence-corrected chi connectivity index (χ2v) is 6.53. The number of rotatable bonds is 5. The smallest absolute Gasteiger partial charge is 0.332 e. The summed E-state index contributed by atoms with van der Waals surface area (Å²) in [5.74, 6) is 1.81. The van der Waals surface area contributed by atoms with E-state index in [0.29, 0.717) is 19.8 Å². The lowest BCUT2D eigenvalue weighted by Gasteiger charge is -2.33. The van der Waals surface area contributed by atoms with Crippen molar-refractivity contribution in [3.8, 4) is 6.07 Å². The van der Waals surface area contributed by atoms with E-state index in [1.807, 2.05) is 25.1 Å². The first-order chi connectivity index (χ1) is 12.9. The summed E-state index contributed by atoms with van der Waals surface area (Å²) in [6, 6.07) is 5.61. The van der Waals surface area contributed by atoms with Crippen molar-refractivity contribution in [2.45, 2.75) is 13.0 Å². The SMILES string of the molecule is Cc1ccc([C@@H](CNc2c(C#N)c(=O)n(C)c(=O)n2C)N2CCOCC2)o1. The molecular weight excluding hydrogens is 350 g/mol. The summed E-state index contributed by atoms with van der Waals surface area (Å²) in [4.78, 5) is 26.7. The molecule has 0 saturated carbocycles. The molecule has 0 radical (unpaired) electrons. The Labute approximate surface area is 156 Å². The lowest BCUT2D eigenvalue weighted by atomic mass is 10.1. The molecule has 0 spiro atoms. The average Bonchev–Trinajstić information content (AvgIpc) is 3.11. The molecule has 0 aromatic carbocycles. The van der Waals surface area contributed by atoms with Gasteiger partial charge in [-0.25, -0.2) is 4.79 Å². The fraction of sp³-hybridized carbons (Fsp3) is 0.500. The normalized spacial score (nSPS) is 16.1.